The van der Waals surface area contributed by atoms with E-state index in [2.05, 4.69) is 20.3 Å². The number of hydrogen-bond acceptors (Lipinski definition) is 5. The highest BCUT2D eigenvalue weighted by molar-refractivity contribution is 5.93. The fourth-order valence-electron chi connectivity index (χ4n) is 2.08. The first-order valence-corrected chi connectivity index (χ1v) is 6.86. The highest BCUT2D eigenvalue weighted by Crippen LogP contribution is 2.16. The van der Waals surface area contributed by atoms with Crippen molar-refractivity contribution in [1.82, 2.24) is 24.8 Å². The van der Waals surface area contributed by atoms with Crippen LogP contribution in [0.2, 0.25) is 0 Å². The Bertz CT molecular complexity index is 763. The number of hydrogen-bond donors (Lipinski definition) is 1. The highest BCUT2D eigenvalue weighted by atomic mass is 16.3. The minimum atomic E-state index is -0.146. The summed E-state index contributed by atoms with van der Waals surface area (Å²) in [6.45, 7) is 2.85. The van der Waals surface area contributed by atoms with Gasteiger partial charge >= 0.3 is 0 Å². The largest absolute Gasteiger partial charge is 0.449 e. The van der Waals surface area contributed by atoms with Gasteiger partial charge in [-0.2, -0.15) is 0 Å². The van der Waals surface area contributed by atoms with Crippen LogP contribution in [0.25, 0.3) is 11.5 Å². The lowest BCUT2D eigenvalue weighted by molar-refractivity contribution is 0.0952. The number of aromatic nitrogens is 4. The van der Waals surface area contributed by atoms with Gasteiger partial charge in [-0.3, -0.25) is 9.78 Å². The zero-order valence-corrected chi connectivity index (χ0v) is 12.1. The third-order valence-corrected chi connectivity index (χ3v) is 3.13. The van der Waals surface area contributed by atoms with Crippen molar-refractivity contribution in [3.63, 3.8) is 0 Å². The standard InChI is InChI=1S/C15H15N5O2/c1-11-19-13(10-22-11)14-17-5-7-20(14)8-6-18-15(21)12-3-2-4-16-9-12/h2-5,7,9-10H,6,8H2,1H3,(H,18,21). The molecule has 0 saturated carbocycles. The molecule has 0 saturated heterocycles. The summed E-state index contributed by atoms with van der Waals surface area (Å²) in [4.78, 5) is 24.4. The van der Waals surface area contributed by atoms with Crippen LogP contribution in [-0.2, 0) is 6.54 Å². The molecule has 22 heavy (non-hydrogen) atoms. The molecular weight excluding hydrogens is 282 g/mol. The Balaban J connectivity index is 1.61. The molecule has 0 bridgehead atoms. The fraction of sp³-hybridized carbons (Fsp3) is 0.200. The lowest BCUT2D eigenvalue weighted by atomic mass is 10.3. The second kappa shape index (κ2) is 6.21. The zero-order chi connectivity index (χ0) is 15.4. The van der Waals surface area contributed by atoms with Crippen LogP contribution in [0.1, 0.15) is 16.2 Å². The summed E-state index contributed by atoms with van der Waals surface area (Å²) in [7, 11) is 0. The minimum absolute atomic E-state index is 0.146. The van der Waals surface area contributed by atoms with E-state index in [4.69, 9.17) is 4.42 Å². The SMILES string of the molecule is Cc1nc(-c2nccn2CCNC(=O)c2cccnc2)co1. The second-order valence-corrected chi connectivity index (χ2v) is 4.69. The van der Waals surface area contributed by atoms with Gasteiger partial charge in [0, 0.05) is 44.8 Å². The van der Waals surface area contributed by atoms with E-state index in [9.17, 15) is 4.79 Å². The van der Waals surface area contributed by atoms with E-state index in [1.165, 1.54) is 6.20 Å². The van der Waals surface area contributed by atoms with Crippen molar-refractivity contribution in [2.75, 3.05) is 6.54 Å². The van der Waals surface area contributed by atoms with Gasteiger partial charge in [0.2, 0.25) is 0 Å². The maximum absolute atomic E-state index is 11.9. The van der Waals surface area contributed by atoms with Crippen molar-refractivity contribution in [3.8, 4) is 11.5 Å². The molecule has 0 aliphatic heterocycles. The average Bonchev–Trinajstić information content (AvgIpc) is 3.16. The molecule has 0 aromatic carbocycles. The van der Waals surface area contributed by atoms with Gasteiger partial charge in [0.25, 0.3) is 5.91 Å². The number of nitrogens with zero attached hydrogens (tertiary/aromatic N) is 4. The Morgan fingerprint density at radius 3 is 3.05 bits per heavy atom. The molecule has 7 nitrogen and oxygen atoms in total. The lowest BCUT2D eigenvalue weighted by Gasteiger charge is -2.07. The molecule has 0 unspecified atom stereocenters. The van der Waals surface area contributed by atoms with Crippen LogP contribution < -0.4 is 5.32 Å². The second-order valence-electron chi connectivity index (χ2n) is 4.69. The number of pyridine rings is 1. The Morgan fingerprint density at radius 2 is 2.32 bits per heavy atom. The fourth-order valence-corrected chi connectivity index (χ4v) is 2.08. The summed E-state index contributed by atoms with van der Waals surface area (Å²) in [6.07, 6.45) is 8.28. The van der Waals surface area contributed by atoms with Crippen molar-refractivity contribution in [2.24, 2.45) is 0 Å². The molecule has 0 fully saturated rings. The summed E-state index contributed by atoms with van der Waals surface area (Å²) in [6, 6.07) is 3.46. The predicted octanol–water partition coefficient (Wildman–Crippen LogP) is 1.67. The van der Waals surface area contributed by atoms with Crippen molar-refractivity contribution in [1.29, 1.82) is 0 Å². The Kier molecular flexibility index (Phi) is 3.95. The first kappa shape index (κ1) is 14.0. The molecule has 3 heterocycles. The number of imidazole rings is 1. The van der Waals surface area contributed by atoms with Crippen LogP contribution >= 0.6 is 0 Å². The van der Waals surface area contributed by atoms with Crippen LogP contribution in [0.3, 0.4) is 0 Å². The van der Waals surface area contributed by atoms with E-state index in [0.29, 0.717) is 36.1 Å². The molecule has 3 aromatic heterocycles. The van der Waals surface area contributed by atoms with Crippen LogP contribution in [0, 0.1) is 6.92 Å². The number of nitrogens with one attached hydrogen (secondary N) is 1. The van der Waals surface area contributed by atoms with Crippen LogP contribution in [0.15, 0.2) is 47.6 Å². The summed E-state index contributed by atoms with van der Waals surface area (Å²) in [5.74, 6) is 1.16. The molecule has 0 spiro atoms. The van der Waals surface area contributed by atoms with Crippen molar-refractivity contribution in [2.45, 2.75) is 13.5 Å². The van der Waals surface area contributed by atoms with Crippen LogP contribution in [-0.4, -0.2) is 32.0 Å². The van der Waals surface area contributed by atoms with Gasteiger partial charge in [0.1, 0.15) is 12.0 Å². The third kappa shape index (κ3) is 3.03. The quantitative estimate of drug-likeness (QED) is 0.774. The number of amides is 1. The number of rotatable bonds is 5. The van der Waals surface area contributed by atoms with Gasteiger partial charge in [-0.15, -0.1) is 0 Å². The predicted molar refractivity (Wildman–Crippen MR) is 79.0 cm³/mol. The van der Waals surface area contributed by atoms with Gasteiger partial charge in [-0.1, -0.05) is 0 Å². The molecule has 1 N–H and O–H groups in total. The summed E-state index contributed by atoms with van der Waals surface area (Å²) >= 11 is 0. The van der Waals surface area contributed by atoms with E-state index in [1.54, 1.807) is 37.7 Å². The Labute approximate surface area is 127 Å². The molecule has 0 aliphatic carbocycles. The molecular formula is C15H15N5O2. The molecule has 1 amide bonds. The first-order valence-electron chi connectivity index (χ1n) is 6.86. The monoisotopic (exact) mass is 297 g/mol. The smallest absolute Gasteiger partial charge is 0.252 e. The number of oxazole rings is 1. The van der Waals surface area contributed by atoms with Crippen molar-refractivity contribution < 1.29 is 9.21 Å². The van der Waals surface area contributed by atoms with E-state index in [1.807, 2.05) is 10.8 Å². The molecule has 7 heteroatoms. The third-order valence-electron chi connectivity index (χ3n) is 3.13. The average molecular weight is 297 g/mol. The van der Waals surface area contributed by atoms with E-state index < -0.39 is 0 Å². The van der Waals surface area contributed by atoms with Gasteiger partial charge in [0.15, 0.2) is 11.7 Å². The molecule has 3 rings (SSSR count). The molecule has 0 radical (unpaired) electrons. The Hall–Kier alpha value is -2.96. The topological polar surface area (TPSA) is 85.8 Å². The molecule has 0 atom stereocenters. The summed E-state index contributed by atoms with van der Waals surface area (Å²) < 4.78 is 7.12. The van der Waals surface area contributed by atoms with Crippen molar-refractivity contribution >= 4 is 5.91 Å². The van der Waals surface area contributed by atoms with Crippen LogP contribution in [0.4, 0.5) is 0 Å². The number of aryl methyl sites for hydroxylation is 1. The minimum Gasteiger partial charge on any atom is -0.449 e. The van der Waals surface area contributed by atoms with Gasteiger partial charge < -0.3 is 14.3 Å². The molecule has 112 valence electrons. The summed E-state index contributed by atoms with van der Waals surface area (Å²) in [5.41, 5.74) is 1.22. The zero-order valence-electron chi connectivity index (χ0n) is 12.1. The number of carbonyl (C=O) groups is 1. The van der Waals surface area contributed by atoms with E-state index in [-0.39, 0.29) is 5.91 Å². The first-order chi connectivity index (χ1) is 10.7. The maximum atomic E-state index is 11.9. The van der Waals surface area contributed by atoms with Gasteiger partial charge in [-0.05, 0) is 12.1 Å². The lowest BCUT2D eigenvalue weighted by Crippen LogP contribution is -2.27. The molecule has 3 aromatic rings. The van der Waals surface area contributed by atoms with E-state index >= 15 is 0 Å². The van der Waals surface area contributed by atoms with Crippen molar-refractivity contribution in [3.05, 3.63) is 54.6 Å². The van der Waals surface area contributed by atoms with Gasteiger partial charge in [-0.25, -0.2) is 9.97 Å². The highest BCUT2D eigenvalue weighted by Gasteiger charge is 2.10. The van der Waals surface area contributed by atoms with Gasteiger partial charge in [0.05, 0.1) is 5.56 Å². The summed E-state index contributed by atoms with van der Waals surface area (Å²) in [5, 5.41) is 2.85. The maximum Gasteiger partial charge on any atom is 0.252 e. The normalized spacial score (nSPS) is 10.6. The number of carbonyl (C=O) groups excluding carboxylic acids is 1. The van der Waals surface area contributed by atoms with Crippen LogP contribution in [0.5, 0.6) is 0 Å². The Morgan fingerprint density at radius 1 is 1.41 bits per heavy atom. The van der Waals surface area contributed by atoms with E-state index in [0.717, 1.165) is 0 Å². The molecule has 0 aliphatic rings.